The monoisotopic (exact) mass is 224 g/mol. The summed E-state index contributed by atoms with van der Waals surface area (Å²) >= 11 is 0. The molecular weight excluding hydrogens is 208 g/mol. The van der Waals surface area contributed by atoms with E-state index in [1.54, 1.807) is 32.0 Å². The van der Waals surface area contributed by atoms with Gasteiger partial charge in [-0.1, -0.05) is 12.1 Å². The maximum atomic E-state index is 11.2. The fourth-order valence-corrected chi connectivity index (χ4v) is 1.49. The molecule has 0 spiro atoms. The molecule has 4 nitrogen and oxygen atoms in total. The van der Waals surface area contributed by atoms with Crippen molar-refractivity contribution in [1.82, 2.24) is 0 Å². The van der Waals surface area contributed by atoms with Crippen LogP contribution in [0.4, 0.5) is 0 Å². The van der Waals surface area contributed by atoms with Gasteiger partial charge in [-0.3, -0.25) is 4.79 Å². The molecule has 0 aliphatic heterocycles. The summed E-state index contributed by atoms with van der Waals surface area (Å²) in [6, 6.07) is 5.22. The number of carboxylic acids is 1. The second-order valence-corrected chi connectivity index (χ2v) is 3.97. The molecule has 0 unspecified atom stereocenters. The normalized spacial score (nSPS) is 11.0. The molecule has 88 valence electrons. The minimum atomic E-state index is -1.01. The molecular formula is C12H16O4. The molecule has 1 aromatic carbocycles. The van der Waals surface area contributed by atoms with E-state index in [1.165, 1.54) is 14.2 Å². The maximum Gasteiger partial charge on any atom is 0.313 e. The van der Waals surface area contributed by atoms with Crippen molar-refractivity contribution in [3.8, 4) is 11.5 Å². The van der Waals surface area contributed by atoms with E-state index in [0.29, 0.717) is 17.1 Å². The predicted octanol–water partition coefficient (Wildman–Crippen LogP) is 2.07. The summed E-state index contributed by atoms with van der Waals surface area (Å²) in [7, 11) is 3.02. The summed E-state index contributed by atoms with van der Waals surface area (Å²) in [5.74, 6) is 0.103. The number of para-hydroxylation sites is 1. The highest BCUT2D eigenvalue weighted by molar-refractivity contribution is 5.82. The van der Waals surface area contributed by atoms with Gasteiger partial charge in [0.2, 0.25) is 0 Å². The van der Waals surface area contributed by atoms with E-state index in [0.717, 1.165) is 0 Å². The number of aliphatic carboxylic acids is 1. The fourth-order valence-electron chi connectivity index (χ4n) is 1.49. The molecule has 0 aliphatic carbocycles. The Bertz CT molecular complexity index is 396. The Labute approximate surface area is 94.8 Å². The van der Waals surface area contributed by atoms with Crippen LogP contribution < -0.4 is 9.47 Å². The zero-order valence-corrected chi connectivity index (χ0v) is 9.90. The van der Waals surface area contributed by atoms with Crippen LogP contribution in [-0.2, 0) is 10.2 Å². The molecule has 0 aliphatic rings. The summed E-state index contributed by atoms with van der Waals surface area (Å²) in [6.07, 6.45) is 0. The zero-order chi connectivity index (χ0) is 12.3. The summed E-state index contributed by atoms with van der Waals surface area (Å²) in [5.41, 5.74) is -0.415. The van der Waals surface area contributed by atoms with Crippen molar-refractivity contribution < 1.29 is 19.4 Å². The lowest BCUT2D eigenvalue weighted by Gasteiger charge is -2.23. The molecule has 1 aromatic rings. The van der Waals surface area contributed by atoms with Gasteiger partial charge in [0, 0.05) is 5.56 Å². The third-order valence-corrected chi connectivity index (χ3v) is 2.61. The van der Waals surface area contributed by atoms with Crippen molar-refractivity contribution >= 4 is 5.97 Å². The highest BCUT2D eigenvalue weighted by Gasteiger charge is 2.33. The van der Waals surface area contributed by atoms with Crippen molar-refractivity contribution in [2.75, 3.05) is 14.2 Å². The minimum Gasteiger partial charge on any atom is -0.493 e. The number of benzene rings is 1. The largest absolute Gasteiger partial charge is 0.493 e. The molecule has 1 N–H and O–H groups in total. The van der Waals surface area contributed by atoms with Crippen LogP contribution in [-0.4, -0.2) is 25.3 Å². The van der Waals surface area contributed by atoms with Gasteiger partial charge >= 0.3 is 5.97 Å². The SMILES string of the molecule is COc1cccc(C(C)(C)C(=O)O)c1OC. The molecule has 0 radical (unpaired) electrons. The third-order valence-electron chi connectivity index (χ3n) is 2.61. The molecule has 0 amide bonds. The number of hydrogen-bond acceptors (Lipinski definition) is 3. The molecule has 0 saturated carbocycles. The van der Waals surface area contributed by atoms with Crippen LogP contribution in [0.15, 0.2) is 18.2 Å². The third kappa shape index (κ3) is 1.96. The van der Waals surface area contributed by atoms with Gasteiger partial charge in [-0.2, -0.15) is 0 Å². The first-order valence-electron chi connectivity index (χ1n) is 4.90. The second kappa shape index (κ2) is 4.43. The van der Waals surface area contributed by atoms with Crippen molar-refractivity contribution in [2.24, 2.45) is 0 Å². The van der Waals surface area contributed by atoms with E-state index < -0.39 is 11.4 Å². The Kier molecular flexibility index (Phi) is 3.42. The number of carbonyl (C=O) groups is 1. The Morgan fingerprint density at radius 1 is 1.25 bits per heavy atom. The number of carboxylic acid groups (broad SMARTS) is 1. The van der Waals surface area contributed by atoms with E-state index in [-0.39, 0.29) is 0 Å². The lowest BCUT2D eigenvalue weighted by Crippen LogP contribution is -2.29. The van der Waals surface area contributed by atoms with Gasteiger partial charge in [-0.15, -0.1) is 0 Å². The van der Waals surface area contributed by atoms with Gasteiger partial charge in [-0.25, -0.2) is 0 Å². The topological polar surface area (TPSA) is 55.8 Å². The summed E-state index contributed by atoms with van der Waals surface area (Å²) in [4.78, 5) is 11.2. The zero-order valence-electron chi connectivity index (χ0n) is 9.90. The van der Waals surface area contributed by atoms with Crippen molar-refractivity contribution in [1.29, 1.82) is 0 Å². The first kappa shape index (κ1) is 12.4. The van der Waals surface area contributed by atoms with Crippen LogP contribution in [0, 0.1) is 0 Å². The van der Waals surface area contributed by atoms with Crippen molar-refractivity contribution in [3.63, 3.8) is 0 Å². The number of hydrogen-bond donors (Lipinski definition) is 1. The van der Waals surface area contributed by atoms with Crippen molar-refractivity contribution in [2.45, 2.75) is 19.3 Å². The summed E-state index contributed by atoms with van der Waals surface area (Å²) in [6.45, 7) is 3.26. The first-order chi connectivity index (χ1) is 7.45. The Morgan fingerprint density at radius 2 is 1.88 bits per heavy atom. The van der Waals surface area contributed by atoms with Crippen LogP contribution in [0.1, 0.15) is 19.4 Å². The highest BCUT2D eigenvalue weighted by atomic mass is 16.5. The number of ether oxygens (including phenoxy) is 2. The van der Waals surface area contributed by atoms with Crippen LogP contribution in [0.3, 0.4) is 0 Å². The van der Waals surface area contributed by atoms with Gasteiger partial charge < -0.3 is 14.6 Å². The standard InChI is InChI=1S/C12H16O4/c1-12(2,11(13)14)8-6-5-7-9(15-3)10(8)16-4/h5-7H,1-4H3,(H,13,14). The van der Waals surface area contributed by atoms with Gasteiger partial charge in [0.15, 0.2) is 11.5 Å². The molecule has 0 bridgehead atoms. The minimum absolute atomic E-state index is 0.470. The quantitative estimate of drug-likeness (QED) is 0.850. The highest BCUT2D eigenvalue weighted by Crippen LogP contribution is 2.38. The Balaban J connectivity index is 3.39. The molecule has 0 heterocycles. The van der Waals surface area contributed by atoms with Gasteiger partial charge in [0.25, 0.3) is 0 Å². The molecule has 0 fully saturated rings. The molecule has 0 aromatic heterocycles. The van der Waals surface area contributed by atoms with E-state index in [4.69, 9.17) is 9.47 Å². The lowest BCUT2D eigenvalue weighted by molar-refractivity contribution is -0.142. The van der Waals surface area contributed by atoms with Crippen LogP contribution >= 0.6 is 0 Å². The maximum absolute atomic E-state index is 11.2. The molecule has 0 saturated heterocycles. The molecule has 4 heteroatoms. The molecule has 1 rings (SSSR count). The van der Waals surface area contributed by atoms with Crippen LogP contribution in [0.2, 0.25) is 0 Å². The Hall–Kier alpha value is -1.71. The summed E-state index contributed by atoms with van der Waals surface area (Å²) in [5, 5.41) is 9.18. The van der Waals surface area contributed by atoms with Gasteiger partial charge in [0.05, 0.1) is 19.6 Å². The first-order valence-corrected chi connectivity index (χ1v) is 4.90. The van der Waals surface area contributed by atoms with E-state index in [2.05, 4.69) is 0 Å². The number of rotatable bonds is 4. The van der Waals surface area contributed by atoms with Gasteiger partial charge in [-0.05, 0) is 19.9 Å². The fraction of sp³-hybridized carbons (Fsp3) is 0.417. The van der Waals surface area contributed by atoms with Crippen molar-refractivity contribution in [3.05, 3.63) is 23.8 Å². The van der Waals surface area contributed by atoms with Gasteiger partial charge in [0.1, 0.15) is 0 Å². The second-order valence-electron chi connectivity index (χ2n) is 3.97. The van der Waals surface area contributed by atoms with E-state index in [9.17, 15) is 9.90 Å². The smallest absolute Gasteiger partial charge is 0.313 e. The number of methoxy groups -OCH3 is 2. The molecule has 16 heavy (non-hydrogen) atoms. The van der Waals surface area contributed by atoms with E-state index in [1.807, 2.05) is 0 Å². The van der Waals surface area contributed by atoms with Crippen LogP contribution in [0.5, 0.6) is 11.5 Å². The summed E-state index contributed by atoms with van der Waals surface area (Å²) < 4.78 is 10.3. The average Bonchev–Trinajstić information content (AvgIpc) is 2.27. The molecule has 0 atom stereocenters. The predicted molar refractivity (Wildman–Crippen MR) is 60.2 cm³/mol. The lowest BCUT2D eigenvalue weighted by atomic mass is 9.84. The van der Waals surface area contributed by atoms with Crippen LogP contribution in [0.25, 0.3) is 0 Å². The van der Waals surface area contributed by atoms with E-state index >= 15 is 0 Å². The average molecular weight is 224 g/mol. The Morgan fingerprint density at radius 3 is 2.31 bits per heavy atom.